The molecule has 0 saturated heterocycles. The molecular formula is C25H29F3N2O4. The molecule has 0 bridgehead atoms. The van der Waals surface area contributed by atoms with Crippen LogP contribution < -0.4 is 10.1 Å². The summed E-state index contributed by atoms with van der Waals surface area (Å²) in [5.41, 5.74) is -0.0447. The van der Waals surface area contributed by atoms with E-state index in [9.17, 15) is 22.8 Å². The van der Waals surface area contributed by atoms with E-state index in [0.29, 0.717) is 18.1 Å². The fourth-order valence-corrected chi connectivity index (χ4v) is 4.43. The molecule has 34 heavy (non-hydrogen) atoms. The van der Waals surface area contributed by atoms with E-state index in [1.54, 1.807) is 33.1 Å². The zero-order valence-electron chi connectivity index (χ0n) is 19.7. The summed E-state index contributed by atoms with van der Waals surface area (Å²) < 4.78 is 52.2. The Bertz CT molecular complexity index is 1040. The zero-order valence-corrected chi connectivity index (χ0v) is 19.7. The van der Waals surface area contributed by atoms with Gasteiger partial charge in [-0.15, -0.1) is 0 Å². The molecule has 0 spiro atoms. The standard InChI is InChI=1S/C25H29F3N2O4/c1-5-34-24(32)19-10-14(2)18(12-20(19)31)23-22(25(26,27)28)15(3)11-21(30-23)29-13-16-6-8-17(33-4)9-7-16/h6-9,11,14,18-19H,5,10,12-13H2,1-4H3,(H,29,30). The van der Waals surface area contributed by atoms with Crippen molar-refractivity contribution in [2.24, 2.45) is 11.8 Å². The number of Topliss-reactive ketones (excluding diaryl/α,β-unsaturated/α-hetero) is 1. The summed E-state index contributed by atoms with van der Waals surface area (Å²) in [6.07, 6.45) is -4.69. The number of halogens is 3. The maximum absolute atomic E-state index is 14.0. The SMILES string of the molecule is CCOC(=O)C1CC(C)C(c2nc(NCc3ccc(OC)cc3)cc(C)c2C(F)(F)F)CC1=O. The summed E-state index contributed by atoms with van der Waals surface area (Å²) in [6.45, 7) is 5.28. The number of carbonyl (C=O) groups is 2. The Balaban J connectivity index is 1.90. The van der Waals surface area contributed by atoms with Crippen LogP contribution in [0.1, 0.15) is 55.0 Å². The van der Waals surface area contributed by atoms with Crippen molar-refractivity contribution in [2.75, 3.05) is 19.0 Å². The van der Waals surface area contributed by atoms with E-state index < -0.39 is 35.3 Å². The first-order valence-electron chi connectivity index (χ1n) is 11.2. The first-order chi connectivity index (χ1) is 16.0. The summed E-state index contributed by atoms with van der Waals surface area (Å²) in [5.74, 6) is -2.10. The number of nitrogens with one attached hydrogen (secondary N) is 1. The van der Waals surface area contributed by atoms with E-state index in [1.165, 1.54) is 13.0 Å². The lowest BCUT2D eigenvalue weighted by atomic mass is 9.71. The number of aryl methyl sites for hydroxylation is 1. The average Bonchev–Trinajstić information content (AvgIpc) is 2.78. The molecule has 184 valence electrons. The van der Waals surface area contributed by atoms with Crippen LogP contribution in [0.4, 0.5) is 19.0 Å². The smallest absolute Gasteiger partial charge is 0.418 e. The predicted octanol–water partition coefficient (Wildman–Crippen LogP) is 5.29. The lowest BCUT2D eigenvalue weighted by molar-refractivity contribution is -0.154. The molecule has 9 heteroatoms. The van der Waals surface area contributed by atoms with Crippen molar-refractivity contribution in [3.8, 4) is 5.75 Å². The highest BCUT2D eigenvalue weighted by Gasteiger charge is 2.44. The number of benzene rings is 1. The predicted molar refractivity (Wildman–Crippen MR) is 121 cm³/mol. The second kappa shape index (κ2) is 10.4. The van der Waals surface area contributed by atoms with Gasteiger partial charge in [0.05, 0.1) is 25.0 Å². The van der Waals surface area contributed by atoms with Crippen LogP contribution in [0.3, 0.4) is 0 Å². The van der Waals surface area contributed by atoms with Crippen LogP contribution >= 0.6 is 0 Å². The molecule has 0 amide bonds. The number of rotatable bonds is 7. The molecule has 3 rings (SSSR count). The van der Waals surface area contributed by atoms with Gasteiger partial charge in [0.2, 0.25) is 0 Å². The second-order valence-corrected chi connectivity index (χ2v) is 8.58. The molecule has 2 aromatic rings. The maximum Gasteiger partial charge on any atom is 0.418 e. The normalized spacial score (nSPS) is 20.7. The number of esters is 1. The Hall–Kier alpha value is -3.10. The number of hydrogen-bond donors (Lipinski definition) is 1. The molecular weight excluding hydrogens is 449 g/mol. The number of anilines is 1. The third kappa shape index (κ3) is 5.69. The lowest BCUT2D eigenvalue weighted by Crippen LogP contribution is -2.36. The minimum absolute atomic E-state index is 0.0295. The van der Waals surface area contributed by atoms with E-state index in [-0.39, 0.29) is 36.6 Å². The van der Waals surface area contributed by atoms with Gasteiger partial charge in [0, 0.05) is 18.9 Å². The van der Waals surface area contributed by atoms with Crippen molar-refractivity contribution in [3.63, 3.8) is 0 Å². The monoisotopic (exact) mass is 478 g/mol. The molecule has 1 saturated carbocycles. The number of aromatic nitrogens is 1. The summed E-state index contributed by atoms with van der Waals surface area (Å²) in [5, 5.41) is 3.09. The third-order valence-corrected chi connectivity index (χ3v) is 6.19. The molecule has 1 fully saturated rings. The number of ketones is 1. The van der Waals surface area contributed by atoms with Gasteiger partial charge >= 0.3 is 12.1 Å². The molecule has 1 heterocycles. The number of carbonyl (C=O) groups excluding carboxylic acids is 2. The highest BCUT2D eigenvalue weighted by molar-refractivity contribution is 6.00. The quantitative estimate of drug-likeness (QED) is 0.430. The fourth-order valence-electron chi connectivity index (χ4n) is 4.43. The largest absolute Gasteiger partial charge is 0.497 e. The van der Waals surface area contributed by atoms with Crippen LogP contribution in [0.25, 0.3) is 0 Å². The van der Waals surface area contributed by atoms with E-state index in [1.807, 2.05) is 12.1 Å². The van der Waals surface area contributed by atoms with Crippen LogP contribution in [0, 0.1) is 18.8 Å². The van der Waals surface area contributed by atoms with Crippen molar-refractivity contribution in [2.45, 2.75) is 52.3 Å². The molecule has 3 atom stereocenters. The number of nitrogens with zero attached hydrogens (tertiary/aromatic N) is 1. The lowest BCUT2D eigenvalue weighted by Gasteiger charge is -2.33. The highest BCUT2D eigenvalue weighted by atomic mass is 19.4. The minimum Gasteiger partial charge on any atom is -0.497 e. The van der Waals surface area contributed by atoms with E-state index >= 15 is 0 Å². The van der Waals surface area contributed by atoms with Crippen molar-refractivity contribution in [1.29, 1.82) is 0 Å². The van der Waals surface area contributed by atoms with E-state index in [2.05, 4.69) is 10.3 Å². The third-order valence-electron chi connectivity index (χ3n) is 6.19. The van der Waals surface area contributed by atoms with Gasteiger partial charge in [-0.3, -0.25) is 9.59 Å². The number of ether oxygens (including phenoxy) is 2. The number of hydrogen-bond acceptors (Lipinski definition) is 6. The van der Waals surface area contributed by atoms with Gasteiger partial charge in [0.1, 0.15) is 23.3 Å². The molecule has 1 aromatic heterocycles. The highest BCUT2D eigenvalue weighted by Crippen LogP contribution is 2.44. The zero-order chi connectivity index (χ0) is 25.0. The Morgan fingerprint density at radius 1 is 1.24 bits per heavy atom. The van der Waals surface area contributed by atoms with Gasteiger partial charge in [-0.05, 0) is 55.5 Å². The number of methoxy groups -OCH3 is 1. The second-order valence-electron chi connectivity index (χ2n) is 8.58. The first-order valence-corrected chi connectivity index (χ1v) is 11.2. The van der Waals surface area contributed by atoms with Gasteiger partial charge in [0.25, 0.3) is 0 Å². The minimum atomic E-state index is -4.62. The van der Waals surface area contributed by atoms with Crippen molar-refractivity contribution >= 4 is 17.6 Å². The van der Waals surface area contributed by atoms with Gasteiger partial charge in [-0.1, -0.05) is 19.1 Å². The van der Waals surface area contributed by atoms with Crippen molar-refractivity contribution < 1.29 is 32.2 Å². The van der Waals surface area contributed by atoms with Crippen molar-refractivity contribution in [3.05, 3.63) is 52.7 Å². The van der Waals surface area contributed by atoms with Gasteiger partial charge in [-0.25, -0.2) is 4.98 Å². The van der Waals surface area contributed by atoms with Gasteiger partial charge in [-0.2, -0.15) is 13.2 Å². The molecule has 1 aromatic carbocycles. The molecule has 0 aliphatic heterocycles. The molecule has 3 unspecified atom stereocenters. The van der Waals surface area contributed by atoms with Gasteiger partial charge < -0.3 is 14.8 Å². The average molecular weight is 479 g/mol. The van der Waals surface area contributed by atoms with Crippen LogP contribution in [0.2, 0.25) is 0 Å². The van der Waals surface area contributed by atoms with E-state index in [4.69, 9.17) is 9.47 Å². The summed E-state index contributed by atoms with van der Waals surface area (Å²) in [7, 11) is 1.57. The molecule has 1 N–H and O–H groups in total. The number of alkyl halides is 3. The van der Waals surface area contributed by atoms with Gasteiger partial charge in [0.15, 0.2) is 0 Å². The summed E-state index contributed by atoms with van der Waals surface area (Å²) in [4.78, 5) is 29.2. The Labute approximate surface area is 196 Å². The molecule has 6 nitrogen and oxygen atoms in total. The number of pyridine rings is 1. The Morgan fingerprint density at radius 3 is 2.50 bits per heavy atom. The Kier molecular flexibility index (Phi) is 7.84. The summed E-state index contributed by atoms with van der Waals surface area (Å²) >= 11 is 0. The maximum atomic E-state index is 14.0. The van der Waals surface area contributed by atoms with Crippen LogP contribution in [0.5, 0.6) is 5.75 Å². The van der Waals surface area contributed by atoms with Crippen LogP contribution in [-0.2, 0) is 27.0 Å². The Morgan fingerprint density at radius 2 is 1.91 bits per heavy atom. The van der Waals surface area contributed by atoms with E-state index in [0.717, 1.165) is 5.56 Å². The molecule has 1 aliphatic carbocycles. The van der Waals surface area contributed by atoms with Crippen LogP contribution in [0.15, 0.2) is 30.3 Å². The fraction of sp³-hybridized carbons (Fsp3) is 0.480. The van der Waals surface area contributed by atoms with Crippen molar-refractivity contribution in [1.82, 2.24) is 4.98 Å². The summed E-state index contributed by atoms with van der Waals surface area (Å²) in [6, 6.07) is 8.65. The topological polar surface area (TPSA) is 77.5 Å². The first kappa shape index (κ1) is 25.5. The molecule has 0 radical (unpaired) electrons. The molecule has 1 aliphatic rings. The van der Waals surface area contributed by atoms with Crippen LogP contribution in [-0.4, -0.2) is 30.5 Å².